The van der Waals surface area contributed by atoms with Gasteiger partial charge in [0.25, 0.3) is 0 Å². The molecule has 0 heterocycles. The molecule has 0 aromatic rings. The zero-order chi connectivity index (χ0) is 12.2. The van der Waals surface area contributed by atoms with E-state index in [9.17, 15) is 9.59 Å². The van der Waals surface area contributed by atoms with Gasteiger partial charge >= 0.3 is 11.9 Å². The fourth-order valence-corrected chi connectivity index (χ4v) is 0.858. The number of ether oxygens (including phenoxy) is 2. The highest BCUT2D eigenvalue weighted by Gasteiger charge is 2.07. The topological polar surface area (TPSA) is 52.6 Å². The molecule has 0 amide bonds. The number of hydrogen-bond acceptors (Lipinski definition) is 4. The molecule has 0 spiro atoms. The van der Waals surface area contributed by atoms with Crippen molar-refractivity contribution in [2.24, 2.45) is 0 Å². The molecule has 0 aliphatic carbocycles. The van der Waals surface area contributed by atoms with E-state index in [2.05, 4.69) is 33.5 Å². The number of carbonyl (C=O) groups is 2. The van der Waals surface area contributed by atoms with Crippen LogP contribution >= 0.6 is 45.2 Å². The molecule has 4 nitrogen and oxygen atoms in total. The molecular formula is C10H8I2O4. The first-order chi connectivity index (χ1) is 7.70. The average Bonchev–Trinajstić information content (AvgIpc) is 2.27. The van der Waals surface area contributed by atoms with E-state index in [4.69, 9.17) is 0 Å². The van der Waals surface area contributed by atoms with Gasteiger partial charge < -0.3 is 9.47 Å². The molecule has 0 radical (unpaired) electrons. The van der Waals surface area contributed by atoms with E-state index in [1.165, 1.54) is 0 Å². The Labute approximate surface area is 121 Å². The van der Waals surface area contributed by atoms with Crippen molar-refractivity contribution in [3.63, 3.8) is 0 Å². The third kappa shape index (κ3) is 10.1. The quantitative estimate of drug-likeness (QED) is 0.287. The number of carbonyl (C=O) groups excluding carboxylic acids is 2. The summed E-state index contributed by atoms with van der Waals surface area (Å²) in [6.07, 6.45) is 4.34. The van der Waals surface area contributed by atoms with Gasteiger partial charge in [-0.25, -0.2) is 0 Å². The van der Waals surface area contributed by atoms with E-state index in [1.54, 1.807) is 0 Å². The third-order valence-electron chi connectivity index (χ3n) is 1.14. The highest BCUT2D eigenvalue weighted by molar-refractivity contribution is 14.1. The van der Waals surface area contributed by atoms with Gasteiger partial charge in [0, 0.05) is 0 Å². The van der Waals surface area contributed by atoms with Crippen molar-refractivity contribution in [1.29, 1.82) is 0 Å². The zero-order valence-electron chi connectivity index (χ0n) is 8.22. The average molecular weight is 446 g/mol. The lowest BCUT2D eigenvalue weighted by atomic mass is 10.3. The highest BCUT2D eigenvalue weighted by atomic mass is 127. The van der Waals surface area contributed by atoms with Gasteiger partial charge in [-0.3, -0.25) is 9.59 Å². The maximum Gasteiger partial charge on any atom is 0.320 e. The van der Waals surface area contributed by atoms with Gasteiger partial charge in [0.15, 0.2) is 0 Å². The molecule has 0 bridgehead atoms. The summed E-state index contributed by atoms with van der Waals surface area (Å²) in [5.41, 5.74) is 0. The molecule has 0 fully saturated rings. The Morgan fingerprint density at radius 1 is 0.875 bits per heavy atom. The minimum absolute atomic E-state index is 0.0549. The van der Waals surface area contributed by atoms with E-state index < -0.39 is 11.9 Å². The van der Waals surface area contributed by atoms with Gasteiger partial charge in [-0.15, -0.1) is 0 Å². The van der Waals surface area contributed by atoms with Crippen LogP contribution in [0.5, 0.6) is 0 Å². The summed E-state index contributed by atoms with van der Waals surface area (Å²) in [6.45, 7) is 0. The van der Waals surface area contributed by atoms with Crippen LogP contribution in [0.4, 0.5) is 0 Å². The summed E-state index contributed by atoms with van der Waals surface area (Å²) in [5.74, 6) is 4.04. The Bertz CT molecular complexity index is 320. The van der Waals surface area contributed by atoms with E-state index in [1.807, 2.05) is 45.2 Å². The van der Waals surface area contributed by atoms with E-state index in [0.717, 1.165) is 0 Å². The molecule has 0 saturated heterocycles. The zero-order valence-corrected chi connectivity index (χ0v) is 12.5. The van der Waals surface area contributed by atoms with Crippen molar-refractivity contribution >= 4 is 57.1 Å². The molecule has 0 rings (SSSR count). The van der Waals surface area contributed by atoms with Gasteiger partial charge in [0.1, 0.15) is 12.2 Å². The largest absolute Gasteiger partial charge is 0.372 e. The van der Waals surface area contributed by atoms with E-state index in [0.29, 0.717) is 8.86 Å². The lowest BCUT2D eigenvalue weighted by Crippen LogP contribution is -2.06. The van der Waals surface area contributed by atoms with Gasteiger partial charge in [-0.05, 0) is 11.8 Å². The van der Waals surface area contributed by atoms with Crippen molar-refractivity contribution < 1.29 is 19.1 Å². The fourth-order valence-electron chi connectivity index (χ4n) is 0.547. The van der Waals surface area contributed by atoms with E-state index in [-0.39, 0.29) is 12.8 Å². The van der Waals surface area contributed by atoms with Gasteiger partial charge in [0.05, 0.1) is 21.7 Å². The Morgan fingerprint density at radius 2 is 1.25 bits per heavy atom. The third-order valence-corrected chi connectivity index (χ3v) is 1.90. The second-order valence-corrected chi connectivity index (χ2v) is 3.80. The second kappa shape index (κ2) is 11.0. The first-order valence-electron chi connectivity index (χ1n) is 4.17. The molecular weight excluding hydrogens is 438 g/mol. The molecule has 0 aromatic carbocycles. The predicted octanol–water partition coefficient (Wildman–Crippen LogP) is 1.64. The molecule has 0 N–H and O–H groups in total. The van der Waals surface area contributed by atoms with Crippen LogP contribution in [0.15, 0.2) is 0 Å². The molecule has 6 heteroatoms. The fraction of sp³-hybridized carbons (Fsp3) is 0.400. The van der Waals surface area contributed by atoms with Crippen LogP contribution in [0.3, 0.4) is 0 Å². The maximum absolute atomic E-state index is 11.0. The summed E-state index contributed by atoms with van der Waals surface area (Å²) < 4.78 is 10.2. The Balaban J connectivity index is 3.71. The molecule has 0 atom stereocenters. The van der Waals surface area contributed by atoms with Crippen molar-refractivity contribution in [2.45, 2.75) is 12.8 Å². The minimum atomic E-state index is -0.545. The monoisotopic (exact) mass is 446 g/mol. The second-order valence-electron chi connectivity index (χ2n) is 2.27. The van der Waals surface area contributed by atoms with E-state index >= 15 is 0 Å². The Hall–Kier alpha value is -0.480. The number of rotatable bonds is 3. The first kappa shape index (κ1) is 15.5. The van der Waals surface area contributed by atoms with Gasteiger partial charge in [0.2, 0.25) is 0 Å². The molecule has 0 aromatic heterocycles. The summed E-state index contributed by atoms with van der Waals surface area (Å²) in [6, 6.07) is 0. The van der Waals surface area contributed by atoms with Crippen LogP contribution in [0.2, 0.25) is 0 Å². The van der Waals surface area contributed by atoms with Crippen LogP contribution in [-0.4, -0.2) is 20.8 Å². The SMILES string of the molecule is O=C(CCC(=O)OC#CCI)OC#CCI. The molecule has 0 saturated carbocycles. The van der Waals surface area contributed by atoms with Crippen LogP contribution in [0.1, 0.15) is 12.8 Å². The number of esters is 2. The van der Waals surface area contributed by atoms with Crippen molar-refractivity contribution in [1.82, 2.24) is 0 Å². The van der Waals surface area contributed by atoms with Gasteiger partial charge in [-0.2, -0.15) is 0 Å². The highest BCUT2D eigenvalue weighted by Crippen LogP contribution is 1.95. The van der Waals surface area contributed by atoms with Crippen molar-refractivity contribution in [2.75, 3.05) is 8.86 Å². The summed E-state index contributed by atoms with van der Waals surface area (Å²) in [5, 5.41) is 0. The van der Waals surface area contributed by atoms with Crippen LogP contribution in [0.25, 0.3) is 0 Å². The van der Waals surface area contributed by atoms with Crippen LogP contribution in [0, 0.1) is 24.1 Å². The van der Waals surface area contributed by atoms with Gasteiger partial charge in [-0.1, -0.05) is 45.2 Å². The molecule has 16 heavy (non-hydrogen) atoms. The lowest BCUT2D eigenvalue weighted by Gasteiger charge is -1.95. The molecule has 0 aliphatic heterocycles. The van der Waals surface area contributed by atoms with Crippen molar-refractivity contribution in [3.05, 3.63) is 0 Å². The number of alkyl halides is 2. The normalized spacial score (nSPS) is 7.88. The van der Waals surface area contributed by atoms with Crippen LogP contribution < -0.4 is 0 Å². The van der Waals surface area contributed by atoms with Crippen LogP contribution in [-0.2, 0) is 19.1 Å². The smallest absolute Gasteiger partial charge is 0.320 e. The standard InChI is InChI=1S/C10H8I2O4/c11-5-1-7-15-9(13)3-4-10(14)16-8-2-6-12/h3-6H2. The predicted molar refractivity (Wildman–Crippen MR) is 74.7 cm³/mol. The summed E-state index contributed by atoms with van der Waals surface area (Å²) in [7, 11) is 0. The molecule has 0 aliphatic rings. The molecule has 0 unspecified atom stereocenters. The minimum Gasteiger partial charge on any atom is -0.372 e. The maximum atomic E-state index is 11.0. The Kier molecular flexibility index (Phi) is 10.7. The number of halogens is 2. The molecule has 86 valence electrons. The Morgan fingerprint density at radius 3 is 1.56 bits per heavy atom. The number of hydrogen-bond donors (Lipinski definition) is 0. The lowest BCUT2D eigenvalue weighted by molar-refractivity contribution is -0.143. The summed E-state index contributed by atoms with van der Waals surface area (Å²) >= 11 is 4.06. The first-order valence-corrected chi connectivity index (χ1v) is 7.22. The van der Waals surface area contributed by atoms with Crippen molar-refractivity contribution in [3.8, 4) is 24.1 Å². The summed E-state index contributed by atoms with van der Waals surface area (Å²) in [4.78, 5) is 22.0.